The lowest BCUT2D eigenvalue weighted by atomic mass is 9.63. The van der Waals surface area contributed by atoms with Gasteiger partial charge in [0.25, 0.3) is 0 Å². The zero-order valence-corrected chi connectivity index (χ0v) is 26.4. The first kappa shape index (κ1) is 31.9. The van der Waals surface area contributed by atoms with Gasteiger partial charge in [0.15, 0.2) is 0 Å². The molecule has 0 radical (unpaired) electrons. The van der Waals surface area contributed by atoms with E-state index in [1.165, 1.54) is 65.8 Å². The second-order valence-corrected chi connectivity index (χ2v) is 13.0. The molecule has 2 nitrogen and oxygen atoms in total. The number of hydrogen-bond donors (Lipinski definition) is 2. The van der Waals surface area contributed by atoms with Crippen molar-refractivity contribution in [3.8, 4) is 0 Å². The fourth-order valence-corrected chi connectivity index (χ4v) is 6.17. The van der Waals surface area contributed by atoms with Crippen molar-refractivity contribution in [2.24, 2.45) is 16.6 Å². The molecule has 2 unspecified atom stereocenters. The summed E-state index contributed by atoms with van der Waals surface area (Å²) in [5.74, 6) is 0.554. The molecular formula is C34H56N2S. The van der Waals surface area contributed by atoms with Crippen molar-refractivity contribution < 1.29 is 0 Å². The molecule has 3 heteroatoms. The smallest absolute Gasteiger partial charge is 0.0804 e. The van der Waals surface area contributed by atoms with Crippen LogP contribution in [0, 0.1) is 5.92 Å². The fourth-order valence-electron chi connectivity index (χ4n) is 5.97. The van der Waals surface area contributed by atoms with Crippen molar-refractivity contribution in [3.05, 3.63) is 52.6 Å². The van der Waals surface area contributed by atoms with Crippen molar-refractivity contribution in [1.29, 1.82) is 0 Å². The lowest BCUT2D eigenvalue weighted by Crippen LogP contribution is -2.34. The van der Waals surface area contributed by atoms with Gasteiger partial charge in [-0.1, -0.05) is 93.0 Å². The molecule has 3 rings (SSSR count). The van der Waals surface area contributed by atoms with Gasteiger partial charge in [-0.15, -0.1) is 0 Å². The molecule has 2 N–H and O–H groups in total. The van der Waals surface area contributed by atoms with E-state index in [-0.39, 0.29) is 10.8 Å². The molecule has 1 heterocycles. The molecular weight excluding hydrogens is 468 g/mol. The SMILES string of the molecule is CC.CC/C=C(\CCCC(CCC)C1=NC(c2ccc3c(c2)C(C)(C)CCC3(C)C)=CC1)C(N)(S)CC. The highest BCUT2D eigenvalue weighted by Gasteiger charge is 2.37. The molecule has 0 amide bonds. The minimum Gasteiger partial charge on any atom is -0.314 e. The van der Waals surface area contributed by atoms with E-state index in [2.05, 4.69) is 78.8 Å². The quantitative estimate of drug-likeness (QED) is 0.169. The Hall–Kier alpha value is -1.32. The van der Waals surface area contributed by atoms with Crippen LogP contribution in [0.15, 0.2) is 40.9 Å². The Bertz CT molecular complexity index is 978. The summed E-state index contributed by atoms with van der Waals surface area (Å²) >= 11 is 4.76. The second kappa shape index (κ2) is 13.7. The average Bonchev–Trinajstić information content (AvgIpc) is 3.37. The van der Waals surface area contributed by atoms with Crippen LogP contribution < -0.4 is 5.73 Å². The summed E-state index contributed by atoms with van der Waals surface area (Å²) in [5.41, 5.74) is 15.1. The van der Waals surface area contributed by atoms with Crippen LogP contribution in [0.4, 0.5) is 0 Å². The van der Waals surface area contributed by atoms with E-state index in [9.17, 15) is 0 Å². The van der Waals surface area contributed by atoms with E-state index in [4.69, 9.17) is 23.4 Å². The van der Waals surface area contributed by atoms with Crippen LogP contribution in [-0.4, -0.2) is 10.6 Å². The van der Waals surface area contributed by atoms with E-state index < -0.39 is 4.87 Å². The lowest BCUT2D eigenvalue weighted by Gasteiger charge is -2.42. The minimum absolute atomic E-state index is 0.227. The van der Waals surface area contributed by atoms with Crippen LogP contribution in [0.25, 0.3) is 5.70 Å². The lowest BCUT2D eigenvalue weighted by molar-refractivity contribution is 0.332. The predicted octanol–water partition coefficient (Wildman–Crippen LogP) is 10.2. The summed E-state index contributed by atoms with van der Waals surface area (Å²) in [4.78, 5) is 4.75. The standard InChI is InChI=1S/C32H50N2S.C2H6/c1-8-12-23(14-11-15-25(13-9-2)32(33,35)10-3)28-18-19-29(34-28)24-16-17-26-27(22-24)31(6,7)21-20-30(26,4)5;1-2/h13,16-17,19,22-23,35H,8-12,14-15,18,20-21,33H2,1-7H3;1-2H3/b25-13+;. The van der Waals surface area contributed by atoms with Gasteiger partial charge in [-0.2, -0.15) is 12.6 Å². The first-order valence-electron chi connectivity index (χ1n) is 15.1. The number of nitrogens with two attached hydrogens (primary N) is 1. The Balaban J connectivity index is 0.00000235. The van der Waals surface area contributed by atoms with Crippen LogP contribution in [-0.2, 0) is 10.8 Å². The van der Waals surface area contributed by atoms with Crippen LogP contribution in [0.5, 0.6) is 0 Å². The number of allylic oxidation sites excluding steroid dienone is 2. The zero-order valence-electron chi connectivity index (χ0n) is 25.5. The first-order chi connectivity index (χ1) is 17.4. The summed E-state index contributed by atoms with van der Waals surface area (Å²) in [6.45, 7) is 20.2. The Kier molecular flexibility index (Phi) is 11.8. The van der Waals surface area contributed by atoms with Gasteiger partial charge >= 0.3 is 0 Å². The molecule has 0 saturated heterocycles. The average molecular weight is 525 g/mol. The molecule has 2 atom stereocenters. The van der Waals surface area contributed by atoms with E-state index >= 15 is 0 Å². The third-order valence-corrected chi connectivity index (χ3v) is 9.17. The molecule has 1 aromatic carbocycles. The molecule has 37 heavy (non-hydrogen) atoms. The fraction of sp³-hybridized carbons (Fsp3) is 0.676. The molecule has 0 spiro atoms. The topological polar surface area (TPSA) is 38.4 Å². The van der Waals surface area contributed by atoms with E-state index in [1.54, 1.807) is 0 Å². The Labute approximate surface area is 235 Å². The third-order valence-electron chi connectivity index (χ3n) is 8.57. The largest absolute Gasteiger partial charge is 0.314 e. The van der Waals surface area contributed by atoms with Gasteiger partial charge in [-0.05, 0) is 90.9 Å². The molecule has 1 aliphatic carbocycles. The monoisotopic (exact) mass is 524 g/mol. The van der Waals surface area contributed by atoms with Gasteiger partial charge in [-0.3, -0.25) is 4.99 Å². The highest BCUT2D eigenvalue weighted by Crippen LogP contribution is 2.46. The maximum atomic E-state index is 6.47. The third kappa shape index (κ3) is 7.85. The van der Waals surface area contributed by atoms with Crippen LogP contribution in [0.3, 0.4) is 0 Å². The number of fused-ring (bicyclic) bond motifs is 1. The Morgan fingerprint density at radius 1 is 1.05 bits per heavy atom. The van der Waals surface area contributed by atoms with Gasteiger partial charge < -0.3 is 5.73 Å². The van der Waals surface area contributed by atoms with Gasteiger partial charge in [0, 0.05) is 17.7 Å². The van der Waals surface area contributed by atoms with Crippen LogP contribution in [0.1, 0.15) is 143 Å². The Morgan fingerprint density at radius 2 is 1.70 bits per heavy atom. The van der Waals surface area contributed by atoms with E-state index in [1.807, 2.05) is 13.8 Å². The molecule has 2 aliphatic rings. The number of rotatable bonds is 11. The molecule has 0 saturated carbocycles. The van der Waals surface area contributed by atoms with Crippen LogP contribution >= 0.6 is 12.6 Å². The van der Waals surface area contributed by atoms with Gasteiger partial charge in [0.2, 0.25) is 0 Å². The van der Waals surface area contributed by atoms with Crippen molar-refractivity contribution in [2.75, 3.05) is 0 Å². The molecule has 0 fully saturated rings. The molecule has 1 aromatic rings. The summed E-state index contributed by atoms with van der Waals surface area (Å²) in [5, 5.41) is 0. The normalized spacial score (nSPS) is 20.7. The van der Waals surface area contributed by atoms with Crippen LogP contribution in [0.2, 0.25) is 0 Å². The summed E-state index contributed by atoms with van der Waals surface area (Å²) in [6, 6.07) is 7.15. The second-order valence-electron chi connectivity index (χ2n) is 12.2. The molecule has 208 valence electrons. The minimum atomic E-state index is -0.481. The number of nitrogens with zero attached hydrogens (tertiary/aromatic N) is 1. The maximum absolute atomic E-state index is 6.47. The van der Waals surface area contributed by atoms with Crippen molar-refractivity contribution in [2.45, 2.75) is 142 Å². The van der Waals surface area contributed by atoms with E-state index in [0.29, 0.717) is 5.92 Å². The number of aliphatic imine (C=N–C) groups is 1. The summed E-state index contributed by atoms with van der Waals surface area (Å²) < 4.78 is 0. The molecule has 0 bridgehead atoms. The maximum Gasteiger partial charge on any atom is 0.0804 e. The highest BCUT2D eigenvalue weighted by molar-refractivity contribution is 7.82. The zero-order chi connectivity index (χ0) is 27.9. The van der Waals surface area contributed by atoms with Crippen molar-refractivity contribution >= 4 is 24.0 Å². The molecule has 1 aliphatic heterocycles. The van der Waals surface area contributed by atoms with Gasteiger partial charge in [0.1, 0.15) is 0 Å². The van der Waals surface area contributed by atoms with E-state index in [0.717, 1.165) is 32.1 Å². The van der Waals surface area contributed by atoms with Crippen molar-refractivity contribution in [1.82, 2.24) is 0 Å². The summed E-state index contributed by atoms with van der Waals surface area (Å²) in [7, 11) is 0. The van der Waals surface area contributed by atoms with Crippen molar-refractivity contribution in [3.63, 3.8) is 0 Å². The predicted molar refractivity (Wildman–Crippen MR) is 170 cm³/mol. The number of benzene rings is 1. The van der Waals surface area contributed by atoms with Gasteiger partial charge in [0.05, 0.1) is 10.6 Å². The number of thiol groups is 1. The van der Waals surface area contributed by atoms with Gasteiger partial charge in [-0.25, -0.2) is 0 Å². The number of hydrogen-bond acceptors (Lipinski definition) is 3. The molecule has 0 aromatic heterocycles. The Morgan fingerprint density at radius 3 is 2.30 bits per heavy atom. The highest BCUT2D eigenvalue weighted by atomic mass is 32.1. The first-order valence-corrected chi connectivity index (χ1v) is 15.5. The summed E-state index contributed by atoms with van der Waals surface area (Å²) in [6.07, 6.45) is 15.8.